The Morgan fingerprint density at radius 2 is 1.37 bits per heavy atom. The topological polar surface area (TPSA) is 78.6 Å². The van der Waals surface area contributed by atoms with Crippen molar-refractivity contribution in [3.05, 3.63) is 101 Å². The van der Waals surface area contributed by atoms with Gasteiger partial charge in [-0.1, -0.05) is 88.4 Å². The standard InChI is InChI=1S/C32H38NO4P/c1-22(2)25-12-16-28(17-13-25)36-38(35,37-29-18-14-26(15-19-29)23(3)4)31(24(5)34)21-32(33)20-8-10-27-9-6-7-11-30(27)32/h6-19,22-23,31H,20-21,33H2,1-5H3. The van der Waals surface area contributed by atoms with Gasteiger partial charge in [0.15, 0.2) is 0 Å². The van der Waals surface area contributed by atoms with E-state index >= 15 is 0 Å². The fourth-order valence-corrected chi connectivity index (χ4v) is 7.00. The van der Waals surface area contributed by atoms with Gasteiger partial charge in [-0.05, 0) is 78.1 Å². The van der Waals surface area contributed by atoms with E-state index in [2.05, 4.69) is 27.7 Å². The fraction of sp³-hybridized carbons (Fsp3) is 0.344. The lowest BCUT2D eigenvalue weighted by Gasteiger charge is -2.37. The van der Waals surface area contributed by atoms with Crippen molar-refractivity contribution in [1.82, 2.24) is 0 Å². The SMILES string of the molecule is CC(=O)C(CC1(N)CC=Cc2ccccc21)P(=O)(Oc1ccc(C(C)C)cc1)Oc1ccc(C(C)C)cc1. The molecule has 2 unspecified atom stereocenters. The molecule has 3 aromatic carbocycles. The van der Waals surface area contributed by atoms with Crippen LogP contribution < -0.4 is 14.8 Å². The zero-order valence-electron chi connectivity index (χ0n) is 22.9. The zero-order valence-corrected chi connectivity index (χ0v) is 23.8. The first-order chi connectivity index (χ1) is 18.0. The van der Waals surface area contributed by atoms with Crippen LogP contribution >= 0.6 is 7.60 Å². The molecule has 0 radical (unpaired) electrons. The molecule has 4 rings (SSSR count). The summed E-state index contributed by atoms with van der Waals surface area (Å²) in [6, 6.07) is 22.7. The van der Waals surface area contributed by atoms with Crippen molar-refractivity contribution in [2.75, 3.05) is 0 Å². The third-order valence-corrected chi connectivity index (χ3v) is 9.48. The van der Waals surface area contributed by atoms with Crippen LogP contribution in [-0.4, -0.2) is 11.4 Å². The molecule has 5 nitrogen and oxygen atoms in total. The number of benzene rings is 3. The van der Waals surface area contributed by atoms with E-state index < -0.39 is 18.8 Å². The van der Waals surface area contributed by atoms with Crippen molar-refractivity contribution in [1.29, 1.82) is 0 Å². The number of nitrogens with two attached hydrogens (primary N) is 1. The third kappa shape index (κ3) is 6.11. The molecule has 0 fully saturated rings. The van der Waals surface area contributed by atoms with Gasteiger partial charge in [0, 0.05) is 5.54 Å². The maximum Gasteiger partial charge on any atom is 0.441 e. The van der Waals surface area contributed by atoms with Crippen molar-refractivity contribution in [3.63, 3.8) is 0 Å². The smallest absolute Gasteiger partial charge is 0.416 e. The summed E-state index contributed by atoms with van der Waals surface area (Å²) >= 11 is 0. The van der Waals surface area contributed by atoms with E-state index in [0.717, 1.165) is 22.3 Å². The number of carbonyl (C=O) groups excluding carboxylic acids is 1. The van der Waals surface area contributed by atoms with Crippen LogP contribution in [0.2, 0.25) is 0 Å². The molecule has 1 aliphatic rings. The summed E-state index contributed by atoms with van der Waals surface area (Å²) in [6.07, 6.45) is 4.67. The molecule has 0 spiro atoms. The van der Waals surface area contributed by atoms with E-state index in [9.17, 15) is 9.36 Å². The molecule has 200 valence electrons. The second-order valence-electron chi connectivity index (χ2n) is 10.9. The van der Waals surface area contributed by atoms with Crippen LogP contribution in [0.1, 0.15) is 81.5 Å². The molecule has 0 aliphatic heterocycles. The lowest BCUT2D eigenvalue weighted by molar-refractivity contribution is -0.117. The van der Waals surface area contributed by atoms with E-state index in [4.69, 9.17) is 14.8 Å². The number of rotatable bonds is 10. The largest absolute Gasteiger partial charge is 0.441 e. The molecule has 2 N–H and O–H groups in total. The van der Waals surface area contributed by atoms with Gasteiger partial charge >= 0.3 is 7.60 Å². The molecular formula is C32H38NO4P. The molecule has 3 aromatic rings. The van der Waals surface area contributed by atoms with E-state index in [-0.39, 0.29) is 12.2 Å². The van der Waals surface area contributed by atoms with Crippen LogP contribution in [0.3, 0.4) is 0 Å². The Labute approximate surface area is 226 Å². The van der Waals surface area contributed by atoms with E-state index in [1.54, 1.807) is 24.3 Å². The fourth-order valence-electron chi connectivity index (χ4n) is 4.89. The highest BCUT2D eigenvalue weighted by Crippen LogP contribution is 2.56. The number of hydrogen-bond acceptors (Lipinski definition) is 5. The van der Waals surface area contributed by atoms with Crippen LogP contribution in [0, 0.1) is 0 Å². The normalized spacial score (nSPS) is 17.8. The van der Waals surface area contributed by atoms with E-state index in [1.165, 1.54) is 6.92 Å². The summed E-state index contributed by atoms with van der Waals surface area (Å²) in [5.74, 6) is 1.17. The molecule has 1 aliphatic carbocycles. The lowest BCUT2D eigenvalue weighted by atomic mass is 9.77. The lowest BCUT2D eigenvalue weighted by Crippen LogP contribution is -2.43. The maximum atomic E-state index is 14.7. The first-order valence-electron chi connectivity index (χ1n) is 13.2. The highest BCUT2D eigenvalue weighted by molar-refractivity contribution is 7.56. The van der Waals surface area contributed by atoms with Gasteiger partial charge in [-0.2, -0.15) is 0 Å². The molecule has 0 bridgehead atoms. The molecule has 2 atom stereocenters. The predicted molar refractivity (Wildman–Crippen MR) is 155 cm³/mol. The van der Waals surface area contributed by atoms with Crippen molar-refractivity contribution in [2.45, 2.75) is 70.5 Å². The first-order valence-corrected chi connectivity index (χ1v) is 14.9. The summed E-state index contributed by atoms with van der Waals surface area (Å²) in [6.45, 7) is 9.85. The maximum absolute atomic E-state index is 14.7. The van der Waals surface area contributed by atoms with Gasteiger partial charge in [0.05, 0.1) is 0 Å². The molecule has 0 aromatic heterocycles. The minimum atomic E-state index is -4.08. The Balaban J connectivity index is 1.73. The highest BCUT2D eigenvalue weighted by atomic mass is 31.2. The molecule has 6 heteroatoms. The minimum Gasteiger partial charge on any atom is -0.416 e. The van der Waals surface area contributed by atoms with E-state index in [0.29, 0.717) is 29.8 Å². The van der Waals surface area contributed by atoms with Gasteiger partial charge in [0.25, 0.3) is 0 Å². The minimum absolute atomic E-state index is 0.120. The van der Waals surface area contributed by atoms with Crippen molar-refractivity contribution >= 4 is 19.5 Å². The van der Waals surface area contributed by atoms with Crippen molar-refractivity contribution in [3.8, 4) is 11.5 Å². The Morgan fingerprint density at radius 1 is 0.868 bits per heavy atom. The van der Waals surface area contributed by atoms with Crippen molar-refractivity contribution in [2.24, 2.45) is 5.73 Å². The van der Waals surface area contributed by atoms with Gasteiger partial charge in [-0.3, -0.25) is 4.79 Å². The van der Waals surface area contributed by atoms with Crippen LogP contribution in [0.4, 0.5) is 0 Å². The molecule has 0 amide bonds. The second kappa shape index (κ2) is 11.3. The summed E-state index contributed by atoms with van der Waals surface area (Å²) in [7, 11) is -4.08. The summed E-state index contributed by atoms with van der Waals surface area (Å²) in [5, 5.41) is 0. The summed E-state index contributed by atoms with van der Waals surface area (Å²) in [5.41, 5.74) is 9.18. The second-order valence-corrected chi connectivity index (χ2v) is 12.9. The Kier molecular flexibility index (Phi) is 8.30. The van der Waals surface area contributed by atoms with Gasteiger partial charge in [0.2, 0.25) is 0 Å². The molecular weight excluding hydrogens is 493 g/mol. The molecule has 0 heterocycles. The quantitative estimate of drug-likeness (QED) is 0.267. The summed E-state index contributed by atoms with van der Waals surface area (Å²) in [4.78, 5) is 13.2. The Morgan fingerprint density at radius 3 is 1.84 bits per heavy atom. The number of fused-ring (bicyclic) bond motifs is 1. The molecule has 0 saturated carbocycles. The van der Waals surface area contributed by atoms with Crippen LogP contribution in [0.15, 0.2) is 78.9 Å². The zero-order chi connectivity index (χ0) is 27.5. The monoisotopic (exact) mass is 531 g/mol. The number of Topliss-reactive ketones (excluding diaryl/α,β-unsaturated/α-hetero) is 1. The highest BCUT2D eigenvalue weighted by Gasteiger charge is 2.47. The van der Waals surface area contributed by atoms with Gasteiger partial charge in [-0.25, -0.2) is 4.57 Å². The van der Waals surface area contributed by atoms with Crippen molar-refractivity contribution < 1.29 is 18.4 Å². The average Bonchev–Trinajstić information content (AvgIpc) is 2.88. The van der Waals surface area contributed by atoms with Crippen LogP contribution in [-0.2, 0) is 14.9 Å². The summed E-state index contributed by atoms with van der Waals surface area (Å²) < 4.78 is 27.0. The number of hydrogen-bond donors (Lipinski definition) is 1. The Bertz CT molecular complexity index is 1290. The van der Waals surface area contributed by atoms with E-state index in [1.807, 2.05) is 60.7 Å². The average molecular weight is 532 g/mol. The Hall–Kier alpha value is -3.14. The van der Waals surface area contributed by atoms with Crippen LogP contribution in [0.5, 0.6) is 11.5 Å². The number of carbonyl (C=O) groups is 1. The third-order valence-electron chi connectivity index (χ3n) is 7.24. The molecule has 0 saturated heterocycles. The first kappa shape index (κ1) is 27.9. The number of ketones is 1. The van der Waals surface area contributed by atoms with Gasteiger partial charge in [0.1, 0.15) is 22.9 Å². The predicted octanol–water partition coefficient (Wildman–Crippen LogP) is 8.20. The van der Waals surface area contributed by atoms with Crippen LogP contribution in [0.25, 0.3) is 6.08 Å². The van der Waals surface area contributed by atoms with Gasteiger partial charge < -0.3 is 14.8 Å². The molecule has 38 heavy (non-hydrogen) atoms. The van der Waals surface area contributed by atoms with Gasteiger partial charge in [-0.15, -0.1) is 0 Å².